The molecule has 9 heteroatoms. The molecule has 2 aromatic rings. The highest BCUT2D eigenvalue weighted by Crippen LogP contribution is 2.11. The van der Waals surface area contributed by atoms with Gasteiger partial charge in [-0.15, -0.1) is 0 Å². The Hall–Kier alpha value is -2.84. The van der Waals surface area contributed by atoms with E-state index in [0.717, 1.165) is 11.3 Å². The largest absolute Gasteiger partial charge is 0.497 e. The molecule has 0 saturated heterocycles. The van der Waals surface area contributed by atoms with Gasteiger partial charge in [0.05, 0.1) is 13.7 Å². The van der Waals surface area contributed by atoms with Crippen molar-refractivity contribution in [1.29, 1.82) is 0 Å². The zero-order chi connectivity index (χ0) is 19.6. The Kier molecular flexibility index (Phi) is 7.84. The van der Waals surface area contributed by atoms with E-state index in [-0.39, 0.29) is 11.7 Å². The third-order valence-electron chi connectivity index (χ3n) is 3.42. The summed E-state index contributed by atoms with van der Waals surface area (Å²) in [5.74, 6) is -0.0710. The summed E-state index contributed by atoms with van der Waals surface area (Å²) < 4.78 is 5.09. The van der Waals surface area contributed by atoms with Crippen LogP contribution in [0.25, 0.3) is 0 Å². The minimum absolute atomic E-state index is 0.209. The van der Waals surface area contributed by atoms with Gasteiger partial charge in [0.25, 0.3) is 11.8 Å². The molecule has 4 N–H and O–H groups in total. The second-order valence-electron chi connectivity index (χ2n) is 5.40. The fourth-order valence-corrected chi connectivity index (χ4v) is 2.35. The minimum atomic E-state index is -0.445. The lowest BCUT2D eigenvalue weighted by Crippen LogP contribution is -2.49. The molecule has 0 bridgehead atoms. The van der Waals surface area contributed by atoms with E-state index in [1.807, 2.05) is 24.3 Å². The molecule has 2 rings (SSSR count). The summed E-state index contributed by atoms with van der Waals surface area (Å²) in [4.78, 5) is 23.7. The standard InChI is InChI=1S/C18H19ClN4O3S/c1-26-15-7-5-12(6-8-15)10-21-18(27)23-22-16(24)11-20-17(25)13-3-2-4-14(19)9-13/h2-9H,10-11H2,1H3,(H,20,25)(H,22,24)(H2,21,23,27). The highest BCUT2D eigenvalue weighted by Gasteiger charge is 2.08. The number of carbonyl (C=O) groups is 2. The molecule has 0 spiro atoms. The molecule has 27 heavy (non-hydrogen) atoms. The molecule has 0 radical (unpaired) electrons. The molecule has 0 atom stereocenters. The van der Waals surface area contributed by atoms with Gasteiger partial charge in [0.15, 0.2) is 5.11 Å². The van der Waals surface area contributed by atoms with E-state index >= 15 is 0 Å². The molecule has 142 valence electrons. The van der Waals surface area contributed by atoms with Crippen molar-refractivity contribution in [3.8, 4) is 5.75 Å². The van der Waals surface area contributed by atoms with E-state index in [9.17, 15) is 9.59 Å². The predicted molar refractivity (Wildman–Crippen MR) is 107 cm³/mol. The number of hydrogen-bond donors (Lipinski definition) is 4. The lowest BCUT2D eigenvalue weighted by molar-refractivity contribution is -0.120. The summed E-state index contributed by atoms with van der Waals surface area (Å²) in [6, 6.07) is 13.9. The minimum Gasteiger partial charge on any atom is -0.497 e. The number of ether oxygens (including phenoxy) is 1. The number of halogens is 1. The molecule has 0 aliphatic heterocycles. The zero-order valence-corrected chi connectivity index (χ0v) is 16.1. The number of hydrazine groups is 1. The number of benzene rings is 2. The fourth-order valence-electron chi connectivity index (χ4n) is 2.03. The Labute approximate surface area is 167 Å². The van der Waals surface area contributed by atoms with Crippen LogP contribution >= 0.6 is 23.8 Å². The van der Waals surface area contributed by atoms with E-state index in [2.05, 4.69) is 21.5 Å². The number of hydrogen-bond acceptors (Lipinski definition) is 4. The number of methoxy groups -OCH3 is 1. The van der Waals surface area contributed by atoms with E-state index in [4.69, 9.17) is 28.6 Å². The highest BCUT2D eigenvalue weighted by molar-refractivity contribution is 7.80. The molecular weight excluding hydrogens is 388 g/mol. The van der Waals surface area contributed by atoms with Crippen LogP contribution in [0.1, 0.15) is 15.9 Å². The van der Waals surface area contributed by atoms with E-state index in [0.29, 0.717) is 17.1 Å². The van der Waals surface area contributed by atoms with Crippen LogP contribution in [-0.4, -0.2) is 30.6 Å². The Morgan fingerprint density at radius 3 is 2.48 bits per heavy atom. The molecule has 0 heterocycles. The first-order valence-corrected chi connectivity index (χ1v) is 8.76. The Morgan fingerprint density at radius 2 is 1.81 bits per heavy atom. The van der Waals surface area contributed by atoms with Crippen molar-refractivity contribution in [1.82, 2.24) is 21.5 Å². The van der Waals surface area contributed by atoms with E-state index in [1.54, 1.807) is 25.3 Å². The molecule has 0 aliphatic carbocycles. The van der Waals surface area contributed by atoms with Crippen LogP contribution in [0.15, 0.2) is 48.5 Å². The molecule has 0 aliphatic rings. The smallest absolute Gasteiger partial charge is 0.257 e. The molecular formula is C18H19ClN4O3S. The number of carbonyl (C=O) groups excluding carboxylic acids is 2. The fraction of sp³-hybridized carbons (Fsp3) is 0.167. The maximum absolute atomic E-state index is 11.9. The zero-order valence-electron chi connectivity index (χ0n) is 14.5. The average Bonchev–Trinajstić information content (AvgIpc) is 2.69. The molecule has 7 nitrogen and oxygen atoms in total. The van der Waals surface area contributed by atoms with Gasteiger partial charge in [-0.2, -0.15) is 0 Å². The van der Waals surface area contributed by atoms with Gasteiger partial charge in [0.2, 0.25) is 0 Å². The summed E-state index contributed by atoms with van der Waals surface area (Å²) in [7, 11) is 1.60. The Balaban J connectivity index is 1.66. The van der Waals surface area contributed by atoms with Gasteiger partial charge in [-0.25, -0.2) is 0 Å². The Morgan fingerprint density at radius 1 is 1.07 bits per heavy atom. The van der Waals surface area contributed by atoms with Crippen LogP contribution < -0.4 is 26.2 Å². The number of amides is 2. The molecule has 2 amide bonds. The van der Waals surface area contributed by atoms with Gasteiger partial charge < -0.3 is 15.4 Å². The highest BCUT2D eigenvalue weighted by atomic mass is 35.5. The first-order valence-electron chi connectivity index (χ1n) is 7.97. The summed E-state index contributed by atoms with van der Waals surface area (Å²) in [6.45, 7) is 0.274. The molecule has 0 saturated carbocycles. The molecule has 2 aromatic carbocycles. The van der Waals surface area contributed by atoms with Crippen molar-refractivity contribution in [2.24, 2.45) is 0 Å². The normalized spacial score (nSPS) is 9.85. The van der Waals surface area contributed by atoms with Crippen molar-refractivity contribution in [2.75, 3.05) is 13.7 Å². The quantitative estimate of drug-likeness (QED) is 0.432. The van der Waals surface area contributed by atoms with Crippen LogP contribution in [0.5, 0.6) is 5.75 Å². The maximum Gasteiger partial charge on any atom is 0.257 e. The van der Waals surface area contributed by atoms with Crippen LogP contribution in [0, 0.1) is 0 Å². The summed E-state index contributed by atoms with van der Waals surface area (Å²) >= 11 is 10.9. The SMILES string of the molecule is COc1ccc(CNC(=S)NNC(=O)CNC(=O)c2cccc(Cl)c2)cc1. The average molecular weight is 407 g/mol. The number of thiocarbonyl (C=S) groups is 1. The van der Waals surface area contributed by atoms with Crippen LogP contribution in [-0.2, 0) is 11.3 Å². The number of rotatable bonds is 6. The molecule has 0 aromatic heterocycles. The van der Waals surface area contributed by atoms with Crippen LogP contribution in [0.2, 0.25) is 5.02 Å². The van der Waals surface area contributed by atoms with Gasteiger partial charge in [-0.3, -0.25) is 20.4 Å². The number of nitrogens with one attached hydrogen (secondary N) is 4. The molecule has 0 fully saturated rings. The monoisotopic (exact) mass is 406 g/mol. The van der Waals surface area contributed by atoms with Crippen molar-refractivity contribution in [3.05, 3.63) is 64.7 Å². The summed E-state index contributed by atoms with van der Waals surface area (Å²) in [5.41, 5.74) is 6.35. The van der Waals surface area contributed by atoms with Gasteiger partial charge in [-0.05, 0) is 48.1 Å². The topological polar surface area (TPSA) is 91.5 Å². The third kappa shape index (κ3) is 7.12. The Bertz CT molecular complexity index is 815. The van der Waals surface area contributed by atoms with Gasteiger partial charge in [0.1, 0.15) is 5.75 Å². The lowest BCUT2D eigenvalue weighted by atomic mass is 10.2. The van der Waals surface area contributed by atoms with Crippen molar-refractivity contribution >= 4 is 40.7 Å². The van der Waals surface area contributed by atoms with Crippen molar-refractivity contribution < 1.29 is 14.3 Å². The van der Waals surface area contributed by atoms with Crippen molar-refractivity contribution in [3.63, 3.8) is 0 Å². The third-order valence-corrected chi connectivity index (χ3v) is 3.91. The second kappa shape index (κ2) is 10.3. The first kappa shape index (κ1) is 20.5. The van der Waals surface area contributed by atoms with Crippen LogP contribution in [0.4, 0.5) is 0 Å². The van der Waals surface area contributed by atoms with Gasteiger partial charge in [-0.1, -0.05) is 29.8 Å². The molecule has 0 unspecified atom stereocenters. The van der Waals surface area contributed by atoms with Crippen molar-refractivity contribution in [2.45, 2.75) is 6.54 Å². The maximum atomic E-state index is 11.9. The lowest BCUT2D eigenvalue weighted by Gasteiger charge is -2.12. The van der Waals surface area contributed by atoms with Gasteiger partial charge >= 0.3 is 0 Å². The van der Waals surface area contributed by atoms with E-state index < -0.39 is 11.8 Å². The van der Waals surface area contributed by atoms with E-state index in [1.165, 1.54) is 6.07 Å². The van der Waals surface area contributed by atoms with Gasteiger partial charge in [0, 0.05) is 17.1 Å². The summed E-state index contributed by atoms with van der Waals surface area (Å²) in [5, 5.41) is 6.14. The second-order valence-corrected chi connectivity index (χ2v) is 6.24. The summed E-state index contributed by atoms with van der Waals surface area (Å²) in [6.07, 6.45) is 0. The predicted octanol–water partition coefficient (Wildman–Crippen LogP) is 1.77. The first-order chi connectivity index (χ1) is 13.0. The van der Waals surface area contributed by atoms with Crippen LogP contribution in [0.3, 0.4) is 0 Å².